The third-order valence-electron chi connectivity index (χ3n) is 4.91. The molecule has 2 aromatic rings. The number of carbonyl (C=O) groups excluding carboxylic acids is 3. The second-order valence-corrected chi connectivity index (χ2v) is 7.33. The molecule has 1 aromatic carbocycles. The summed E-state index contributed by atoms with van der Waals surface area (Å²) in [5, 5.41) is 5.43. The van der Waals surface area contributed by atoms with Crippen LogP contribution in [0.2, 0.25) is 0 Å². The maximum absolute atomic E-state index is 12.3. The van der Waals surface area contributed by atoms with E-state index < -0.39 is 0 Å². The monoisotopic (exact) mass is 440 g/mol. The van der Waals surface area contributed by atoms with Crippen molar-refractivity contribution in [3.05, 3.63) is 54.5 Å². The number of hydrogen-bond acceptors (Lipinski definition) is 6. The fraction of sp³-hybridized carbons (Fsp3) is 0.348. The van der Waals surface area contributed by atoms with Gasteiger partial charge < -0.3 is 29.6 Å². The Labute approximate surface area is 187 Å². The normalized spacial score (nSPS) is 13.7. The first-order valence-electron chi connectivity index (χ1n) is 10.5. The molecule has 1 aliphatic rings. The lowest BCUT2D eigenvalue weighted by Crippen LogP contribution is -2.37. The third kappa shape index (κ3) is 7.28. The van der Waals surface area contributed by atoms with Gasteiger partial charge in [0.1, 0.15) is 5.76 Å². The average molecular weight is 441 g/mol. The molecule has 2 heterocycles. The van der Waals surface area contributed by atoms with Crippen molar-refractivity contribution < 1.29 is 23.5 Å². The van der Waals surface area contributed by atoms with Crippen LogP contribution >= 0.6 is 0 Å². The number of nitrogens with one attached hydrogen (secondary N) is 2. The number of benzene rings is 1. The van der Waals surface area contributed by atoms with Crippen LogP contribution in [-0.4, -0.2) is 69.1 Å². The van der Waals surface area contributed by atoms with E-state index in [0.717, 1.165) is 18.8 Å². The van der Waals surface area contributed by atoms with Crippen LogP contribution in [0, 0.1) is 0 Å². The van der Waals surface area contributed by atoms with Gasteiger partial charge in [-0.15, -0.1) is 0 Å². The van der Waals surface area contributed by atoms with Crippen molar-refractivity contribution in [3.8, 4) is 0 Å². The highest BCUT2D eigenvalue weighted by molar-refractivity contribution is 5.95. The van der Waals surface area contributed by atoms with Gasteiger partial charge in [-0.2, -0.15) is 0 Å². The van der Waals surface area contributed by atoms with Crippen molar-refractivity contribution in [1.82, 2.24) is 10.2 Å². The van der Waals surface area contributed by atoms with Gasteiger partial charge in [-0.1, -0.05) is 0 Å². The zero-order chi connectivity index (χ0) is 22.8. The van der Waals surface area contributed by atoms with Crippen LogP contribution in [0.25, 0.3) is 6.08 Å². The molecule has 0 spiro atoms. The largest absolute Gasteiger partial charge is 0.465 e. The SMILES string of the molecule is CN(CC(=O)Nc1ccc(N2CCOCC2)cc1)C(=O)CCNC(=O)/C=C/c1ccco1. The van der Waals surface area contributed by atoms with Gasteiger partial charge in [0.05, 0.1) is 26.0 Å². The molecule has 1 saturated heterocycles. The molecule has 0 atom stereocenters. The van der Waals surface area contributed by atoms with Crippen LogP contribution in [0.15, 0.2) is 53.2 Å². The molecule has 3 rings (SSSR count). The van der Waals surface area contributed by atoms with Crippen molar-refractivity contribution in [3.63, 3.8) is 0 Å². The molecule has 0 saturated carbocycles. The van der Waals surface area contributed by atoms with E-state index in [1.165, 1.54) is 17.2 Å². The van der Waals surface area contributed by atoms with E-state index in [-0.39, 0.29) is 37.2 Å². The van der Waals surface area contributed by atoms with Crippen LogP contribution < -0.4 is 15.5 Å². The van der Waals surface area contributed by atoms with Crippen LogP contribution in [0.3, 0.4) is 0 Å². The van der Waals surface area contributed by atoms with Gasteiger partial charge in [0.2, 0.25) is 17.7 Å². The van der Waals surface area contributed by atoms with Crippen LogP contribution in [0.4, 0.5) is 11.4 Å². The average Bonchev–Trinajstić information content (AvgIpc) is 3.32. The summed E-state index contributed by atoms with van der Waals surface area (Å²) < 4.78 is 10.5. The van der Waals surface area contributed by atoms with Gasteiger partial charge in [0.15, 0.2) is 0 Å². The number of morpholine rings is 1. The predicted octanol–water partition coefficient (Wildman–Crippen LogP) is 1.73. The Hall–Kier alpha value is -3.59. The fourth-order valence-corrected chi connectivity index (χ4v) is 3.17. The van der Waals surface area contributed by atoms with Crippen molar-refractivity contribution in [2.45, 2.75) is 6.42 Å². The second-order valence-electron chi connectivity index (χ2n) is 7.33. The molecule has 9 heteroatoms. The number of carbonyl (C=O) groups is 3. The van der Waals surface area contributed by atoms with Crippen molar-refractivity contribution >= 4 is 35.2 Å². The minimum absolute atomic E-state index is 0.0730. The summed E-state index contributed by atoms with van der Waals surface area (Å²) >= 11 is 0. The van der Waals surface area contributed by atoms with Crippen LogP contribution in [-0.2, 0) is 19.1 Å². The number of anilines is 2. The molecule has 3 amide bonds. The number of ether oxygens (including phenoxy) is 1. The molecule has 1 aliphatic heterocycles. The zero-order valence-corrected chi connectivity index (χ0v) is 18.1. The van der Waals surface area contributed by atoms with Gasteiger partial charge in [-0.3, -0.25) is 14.4 Å². The van der Waals surface area contributed by atoms with Gasteiger partial charge in [0.25, 0.3) is 0 Å². The number of likely N-dealkylation sites (N-methyl/N-ethyl adjacent to an activating group) is 1. The molecule has 32 heavy (non-hydrogen) atoms. The zero-order valence-electron chi connectivity index (χ0n) is 18.1. The van der Waals surface area contributed by atoms with E-state index in [9.17, 15) is 14.4 Å². The minimum atomic E-state index is -0.324. The van der Waals surface area contributed by atoms with Crippen molar-refractivity contribution in [2.24, 2.45) is 0 Å². The standard InChI is InChI=1S/C23H28N4O5/c1-26(23(30)10-11-24-21(28)9-8-20-3-2-14-32-20)17-22(29)25-18-4-6-19(7-5-18)27-12-15-31-16-13-27/h2-9,14H,10-13,15-17H2,1H3,(H,24,28)(H,25,29)/b9-8+. The molecular formula is C23H28N4O5. The highest BCUT2D eigenvalue weighted by atomic mass is 16.5. The molecule has 1 fully saturated rings. The first-order valence-corrected chi connectivity index (χ1v) is 10.5. The van der Waals surface area contributed by atoms with Gasteiger partial charge in [-0.25, -0.2) is 0 Å². The first-order chi connectivity index (χ1) is 15.5. The summed E-state index contributed by atoms with van der Waals surface area (Å²) in [4.78, 5) is 39.8. The Morgan fingerprint density at radius 3 is 2.56 bits per heavy atom. The van der Waals surface area contributed by atoms with Gasteiger partial charge >= 0.3 is 0 Å². The van der Waals surface area contributed by atoms with Crippen LogP contribution in [0.1, 0.15) is 12.2 Å². The quantitative estimate of drug-likeness (QED) is 0.576. The summed E-state index contributed by atoms with van der Waals surface area (Å²) in [6, 6.07) is 11.1. The van der Waals surface area contributed by atoms with E-state index in [4.69, 9.17) is 9.15 Å². The molecule has 1 aromatic heterocycles. The van der Waals surface area contributed by atoms with Gasteiger partial charge in [-0.05, 0) is 42.5 Å². The van der Waals surface area contributed by atoms with E-state index in [2.05, 4.69) is 15.5 Å². The first kappa shape index (κ1) is 23.1. The number of nitrogens with zero attached hydrogens (tertiary/aromatic N) is 2. The lowest BCUT2D eigenvalue weighted by atomic mass is 10.2. The summed E-state index contributed by atoms with van der Waals surface area (Å²) in [6.45, 7) is 3.22. The Kier molecular flexibility index (Phi) is 8.44. The summed E-state index contributed by atoms with van der Waals surface area (Å²) in [6.07, 6.45) is 4.49. The number of furan rings is 1. The lowest BCUT2D eigenvalue weighted by Gasteiger charge is -2.28. The smallest absolute Gasteiger partial charge is 0.244 e. The molecule has 2 N–H and O–H groups in total. The molecule has 0 aliphatic carbocycles. The summed E-state index contributed by atoms with van der Waals surface area (Å²) in [7, 11) is 1.56. The minimum Gasteiger partial charge on any atom is -0.465 e. The Morgan fingerprint density at radius 1 is 1.12 bits per heavy atom. The molecule has 0 radical (unpaired) electrons. The van der Waals surface area contributed by atoms with Gasteiger partial charge in [0, 0.05) is 50.6 Å². The predicted molar refractivity (Wildman–Crippen MR) is 121 cm³/mol. The molecule has 0 bridgehead atoms. The number of amides is 3. The fourth-order valence-electron chi connectivity index (χ4n) is 3.17. The van der Waals surface area contributed by atoms with E-state index in [1.807, 2.05) is 24.3 Å². The third-order valence-corrected chi connectivity index (χ3v) is 4.91. The topological polar surface area (TPSA) is 104 Å². The van der Waals surface area contributed by atoms with E-state index in [0.29, 0.717) is 24.7 Å². The Morgan fingerprint density at radius 2 is 1.88 bits per heavy atom. The highest BCUT2D eigenvalue weighted by Crippen LogP contribution is 2.19. The molecular weight excluding hydrogens is 412 g/mol. The Bertz CT molecular complexity index is 918. The maximum atomic E-state index is 12.3. The van der Waals surface area contributed by atoms with E-state index >= 15 is 0 Å². The van der Waals surface area contributed by atoms with Crippen LogP contribution in [0.5, 0.6) is 0 Å². The maximum Gasteiger partial charge on any atom is 0.244 e. The molecule has 170 valence electrons. The Balaban J connectivity index is 1.36. The van der Waals surface area contributed by atoms with E-state index in [1.54, 1.807) is 25.3 Å². The number of rotatable bonds is 9. The lowest BCUT2D eigenvalue weighted by molar-refractivity contribution is -0.133. The summed E-state index contributed by atoms with van der Waals surface area (Å²) in [5.74, 6) is -0.281. The molecule has 9 nitrogen and oxygen atoms in total. The molecule has 0 unspecified atom stereocenters. The van der Waals surface area contributed by atoms with Crippen molar-refractivity contribution in [1.29, 1.82) is 0 Å². The summed E-state index contributed by atoms with van der Waals surface area (Å²) in [5.41, 5.74) is 1.75. The number of hydrogen-bond donors (Lipinski definition) is 2. The second kappa shape index (κ2) is 11.7. The van der Waals surface area contributed by atoms with Crippen molar-refractivity contribution in [2.75, 3.05) is 56.7 Å². The highest BCUT2D eigenvalue weighted by Gasteiger charge is 2.14.